The molecule has 0 aliphatic carbocycles. The van der Waals surface area contributed by atoms with Gasteiger partial charge in [0.05, 0.1) is 0 Å². The van der Waals surface area contributed by atoms with Crippen molar-refractivity contribution in [3.63, 3.8) is 0 Å². The minimum absolute atomic E-state index is 0. The molecule has 1 aromatic rings. The zero-order valence-corrected chi connectivity index (χ0v) is 12.0. The molecule has 3 nitrogen and oxygen atoms in total. The van der Waals surface area contributed by atoms with Crippen molar-refractivity contribution >= 4 is 18.3 Å². The number of hydrogen-bond acceptors (Lipinski definition) is 2. The van der Waals surface area contributed by atoms with Crippen LogP contribution >= 0.6 is 12.4 Å². The van der Waals surface area contributed by atoms with Crippen LogP contribution in [0.25, 0.3) is 0 Å². The summed E-state index contributed by atoms with van der Waals surface area (Å²) in [6.45, 7) is 8.78. The van der Waals surface area contributed by atoms with E-state index in [9.17, 15) is 4.79 Å². The van der Waals surface area contributed by atoms with E-state index in [1.54, 1.807) is 0 Å². The zero-order chi connectivity index (χ0) is 12.4. The summed E-state index contributed by atoms with van der Waals surface area (Å²) < 4.78 is 0. The summed E-state index contributed by atoms with van der Waals surface area (Å²) in [5.41, 5.74) is 3.22. The minimum atomic E-state index is 0. The second-order valence-corrected chi connectivity index (χ2v) is 4.85. The third-order valence-electron chi connectivity index (χ3n) is 3.52. The fourth-order valence-electron chi connectivity index (χ4n) is 2.18. The van der Waals surface area contributed by atoms with Crippen LogP contribution in [0.3, 0.4) is 0 Å². The molecule has 0 radical (unpaired) electrons. The van der Waals surface area contributed by atoms with Gasteiger partial charge in [0.2, 0.25) is 0 Å². The van der Waals surface area contributed by atoms with Crippen LogP contribution in [0.4, 0.5) is 0 Å². The lowest BCUT2D eigenvalue weighted by molar-refractivity contribution is 0.0655. The van der Waals surface area contributed by atoms with Gasteiger partial charge in [-0.25, -0.2) is 0 Å². The number of piperazine rings is 1. The van der Waals surface area contributed by atoms with Crippen LogP contribution in [0.1, 0.15) is 28.4 Å². The Kier molecular flexibility index (Phi) is 5.17. The summed E-state index contributed by atoms with van der Waals surface area (Å²) in [5, 5.41) is 3.30. The van der Waals surface area contributed by atoms with Gasteiger partial charge in [0.1, 0.15) is 0 Å². The molecular formula is C14H21ClN2O. The Morgan fingerprint density at radius 2 is 2.06 bits per heavy atom. The number of aryl methyl sites for hydroxylation is 2. The maximum Gasteiger partial charge on any atom is 0.254 e. The van der Waals surface area contributed by atoms with Crippen molar-refractivity contribution in [1.29, 1.82) is 0 Å². The predicted molar refractivity (Wildman–Crippen MR) is 76.5 cm³/mol. The topological polar surface area (TPSA) is 32.3 Å². The van der Waals surface area contributed by atoms with Crippen molar-refractivity contribution in [3.8, 4) is 0 Å². The average molecular weight is 269 g/mol. The lowest BCUT2D eigenvalue weighted by Crippen LogP contribution is -2.52. The number of nitrogens with zero attached hydrogens (tertiary/aromatic N) is 1. The van der Waals surface area contributed by atoms with Crippen molar-refractivity contribution in [2.24, 2.45) is 0 Å². The van der Waals surface area contributed by atoms with Crippen LogP contribution in [0, 0.1) is 13.8 Å². The molecule has 4 heteroatoms. The second kappa shape index (κ2) is 6.21. The quantitative estimate of drug-likeness (QED) is 0.847. The number of nitrogens with one attached hydrogen (secondary N) is 1. The molecule has 1 atom stereocenters. The molecule has 1 saturated heterocycles. The van der Waals surface area contributed by atoms with E-state index in [2.05, 4.69) is 19.2 Å². The van der Waals surface area contributed by atoms with E-state index in [-0.39, 0.29) is 24.4 Å². The number of carbonyl (C=O) groups is 1. The molecule has 0 spiro atoms. The highest BCUT2D eigenvalue weighted by molar-refractivity contribution is 5.94. The number of benzene rings is 1. The van der Waals surface area contributed by atoms with E-state index in [4.69, 9.17) is 0 Å². The number of rotatable bonds is 1. The molecule has 0 saturated carbocycles. The van der Waals surface area contributed by atoms with E-state index < -0.39 is 0 Å². The maximum absolute atomic E-state index is 12.4. The predicted octanol–water partition coefficient (Wildman–Crippen LogP) is 2.16. The Labute approximate surface area is 115 Å². The highest BCUT2D eigenvalue weighted by atomic mass is 35.5. The second-order valence-electron chi connectivity index (χ2n) is 4.85. The van der Waals surface area contributed by atoms with E-state index in [1.807, 2.05) is 30.0 Å². The van der Waals surface area contributed by atoms with Gasteiger partial charge in [0.15, 0.2) is 0 Å². The Morgan fingerprint density at radius 3 is 2.67 bits per heavy atom. The minimum Gasteiger partial charge on any atom is -0.333 e. The molecule has 0 aromatic heterocycles. The normalized spacial score (nSPS) is 19.3. The van der Waals surface area contributed by atoms with Crippen LogP contribution in [0.2, 0.25) is 0 Å². The van der Waals surface area contributed by atoms with Crippen LogP contribution in [-0.4, -0.2) is 36.5 Å². The standard InChI is InChI=1S/C14H20N2O.ClH/c1-10-4-5-13(8-11(10)2)14(17)16-7-6-15-9-12(16)3;/h4-5,8,12,15H,6-7,9H2,1-3H3;1H/t12-;/m0./s1. The van der Waals surface area contributed by atoms with Gasteiger partial charge < -0.3 is 10.2 Å². The van der Waals surface area contributed by atoms with Crippen molar-refractivity contribution in [1.82, 2.24) is 10.2 Å². The largest absolute Gasteiger partial charge is 0.333 e. The number of amides is 1. The first-order chi connectivity index (χ1) is 8.09. The Morgan fingerprint density at radius 1 is 1.33 bits per heavy atom. The third kappa shape index (κ3) is 3.03. The smallest absolute Gasteiger partial charge is 0.254 e. The number of carbonyl (C=O) groups excluding carboxylic acids is 1. The molecule has 1 heterocycles. The molecule has 0 bridgehead atoms. The summed E-state index contributed by atoms with van der Waals surface area (Å²) in [6, 6.07) is 6.22. The first-order valence-electron chi connectivity index (χ1n) is 6.18. The highest BCUT2D eigenvalue weighted by Crippen LogP contribution is 2.14. The van der Waals surface area contributed by atoms with Crippen LogP contribution in [0.15, 0.2) is 18.2 Å². The van der Waals surface area contributed by atoms with Gasteiger partial charge in [-0.3, -0.25) is 4.79 Å². The molecule has 1 aromatic carbocycles. The fraction of sp³-hybridized carbons (Fsp3) is 0.500. The van der Waals surface area contributed by atoms with Gasteiger partial charge in [-0.2, -0.15) is 0 Å². The van der Waals surface area contributed by atoms with Crippen molar-refractivity contribution in [2.45, 2.75) is 26.8 Å². The number of hydrogen-bond donors (Lipinski definition) is 1. The summed E-state index contributed by atoms with van der Waals surface area (Å²) in [5.74, 6) is 0.155. The molecule has 1 N–H and O–H groups in total. The molecule has 1 fully saturated rings. The van der Waals surface area contributed by atoms with Crippen LogP contribution in [-0.2, 0) is 0 Å². The lowest BCUT2D eigenvalue weighted by Gasteiger charge is -2.34. The summed E-state index contributed by atoms with van der Waals surface area (Å²) in [4.78, 5) is 14.3. The first-order valence-corrected chi connectivity index (χ1v) is 6.18. The number of halogens is 1. The van der Waals surface area contributed by atoms with Gasteiger partial charge in [0, 0.05) is 31.2 Å². The van der Waals surface area contributed by atoms with Gasteiger partial charge in [-0.05, 0) is 44.0 Å². The summed E-state index contributed by atoms with van der Waals surface area (Å²) in [6.07, 6.45) is 0. The van der Waals surface area contributed by atoms with Crippen molar-refractivity contribution in [3.05, 3.63) is 34.9 Å². The van der Waals surface area contributed by atoms with Gasteiger partial charge in [0.25, 0.3) is 5.91 Å². The lowest BCUT2D eigenvalue weighted by atomic mass is 10.0. The Hall–Kier alpha value is -1.06. The Balaban J connectivity index is 0.00000162. The first kappa shape index (κ1) is 15.0. The van der Waals surface area contributed by atoms with Crippen LogP contribution < -0.4 is 5.32 Å². The molecule has 1 amide bonds. The Bertz CT molecular complexity index is 434. The molecule has 1 aliphatic rings. The van der Waals surface area contributed by atoms with E-state index in [0.29, 0.717) is 0 Å². The molecule has 18 heavy (non-hydrogen) atoms. The summed E-state index contributed by atoms with van der Waals surface area (Å²) >= 11 is 0. The van der Waals surface area contributed by atoms with E-state index >= 15 is 0 Å². The molecule has 100 valence electrons. The van der Waals surface area contributed by atoms with Gasteiger partial charge in [-0.15, -0.1) is 12.4 Å². The molecule has 1 aliphatic heterocycles. The van der Waals surface area contributed by atoms with Crippen molar-refractivity contribution < 1.29 is 4.79 Å². The zero-order valence-electron chi connectivity index (χ0n) is 11.2. The monoisotopic (exact) mass is 268 g/mol. The summed E-state index contributed by atoms with van der Waals surface area (Å²) in [7, 11) is 0. The van der Waals surface area contributed by atoms with Crippen molar-refractivity contribution in [2.75, 3.05) is 19.6 Å². The van der Waals surface area contributed by atoms with Crippen LogP contribution in [0.5, 0.6) is 0 Å². The van der Waals surface area contributed by atoms with Gasteiger partial charge in [-0.1, -0.05) is 6.07 Å². The third-order valence-corrected chi connectivity index (χ3v) is 3.52. The molecule has 2 rings (SSSR count). The highest BCUT2D eigenvalue weighted by Gasteiger charge is 2.23. The SMILES string of the molecule is Cc1ccc(C(=O)N2CCNC[C@@H]2C)cc1C.Cl. The molecule has 0 unspecified atom stereocenters. The van der Waals surface area contributed by atoms with E-state index in [1.165, 1.54) is 11.1 Å². The van der Waals surface area contributed by atoms with E-state index in [0.717, 1.165) is 25.2 Å². The maximum atomic E-state index is 12.4. The average Bonchev–Trinajstić information content (AvgIpc) is 2.32. The van der Waals surface area contributed by atoms with Gasteiger partial charge >= 0.3 is 0 Å². The fourth-order valence-corrected chi connectivity index (χ4v) is 2.18. The molecular weight excluding hydrogens is 248 g/mol.